The molecule has 0 unspecified atom stereocenters. The van der Waals surface area contributed by atoms with Gasteiger partial charge in [0.15, 0.2) is 0 Å². The number of hydrogen-bond acceptors (Lipinski definition) is 1. The Morgan fingerprint density at radius 2 is 1.83 bits per heavy atom. The third-order valence-corrected chi connectivity index (χ3v) is 2.68. The molecule has 0 spiro atoms. The van der Waals surface area contributed by atoms with E-state index in [0.29, 0.717) is 5.92 Å². The molecule has 2 rings (SSSR count). The zero-order chi connectivity index (χ0) is 8.60. The first-order valence-electron chi connectivity index (χ1n) is 4.49. The molecule has 1 fully saturated rings. The molecule has 12 heavy (non-hydrogen) atoms. The van der Waals surface area contributed by atoms with Crippen LogP contribution in [-0.2, 0) is 5.60 Å². The second kappa shape index (κ2) is 2.60. The summed E-state index contributed by atoms with van der Waals surface area (Å²) in [4.78, 5) is 0. The van der Waals surface area contributed by atoms with Crippen molar-refractivity contribution in [2.75, 3.05) is 0 Å². The molecule has 1 aromatic rings. The first-order chi connectivity index (χ1) is 5.71. The van der Waals surface area contributed by atoms with Gasteiger partial charge in [-0.25, -0.2) is 0 Å². The average molecular weight is 162 g/mol. The summed E-state index contributed by atoms with van der Waals surface area (Å²) in [7, 11) is 0. The highest BCUT2D eigenvalue weighted by Gasteiger charge is 2.41. The van der Waals surface area contributed by atoms with Crippen LogP contribution in [0.4, 0.5) is 0 Å². The van der Waals surface area contributed by atoms with Crippen molar-refractivity contribution in [3.63, 3.8) is 0 Å². The maximum absolute atomic E-state index is 10.1. The third kappa shape index (κ3) is 1.14. The van der Waals surface area contributed by atoms with E-state index in [-0.39, 0.29) is 0 Å². The number of benzene rings is 1. The fourth-order valence-corrected chi connectivity index (χ4v) is 2.08. The lowest BCUT2D eigenvalue weighted by Crippen LogP contribution is -2.39. The second-order valence-electron chi connectivity index (χ2n) is 3.91. The maximum atomic E-state index is 10.1. The van der Waals surface area contributed by atoms with E-state index in [0.717, 1.165) is 18.4 Å². The summed E-state index contributed by atoms with van der Waals surface area (Å²) < 4.78 is 0. The molecule has 0 aromatic heterocycles. The van der Waals surface area contributed by atoms with E-state index in [9.17, 15) is 5.11 Å². The van der Waals surface area contributed by atoms with Crippen LogP contribution in [0.5, 0.6) is 0 Å². The summed E-state index contributed by atoms with van der Waals surface area (Å²) in [6.45, 7) is 2.18. The smallest absolute Gasteiger partial charge is 0.0901 e. The Morgan fingerprint density at radius 3 is 2.33 bits per heavy atom. The van der Waals surface area contributed by atoms with Crippen LogP contribution in [0.3, 0.4) is 0 Å². The summed E-state index contributed by atoms with van der Waals surface area (Å²) >= 11 is 0. The van der Waals surface area contributed by atoms with Gasteiger partial charge in [-0.15, -0.1) is 0 Å². The molecule has 1 aliphatic rings. The third-order valence-electron chi connectivity index (χ3n) is 2.68. The van der Waals surface area contributed by atoms with Crippen molar-refractivity contribution >= 4 is 0 Å². The highest BCUT2D eigenvalue weighted by Crippen LogP contribution is 2.44. The van der Waals surface area contributed by atoms with Gasteiger partial charge in [-0.05, 0) is 24.3 Å². The van der Waals surface area contributed by atoms with Crippen molar-refractivity contribution in [3.05, 3.63) is 35.9 Å². The zero-order valence-corrected chi connectivity index (χ0v) is 7.33. The van der Waals surface area contributed by atoms with Gasteiger partial charge < -0.3 is 5.11 Å². The van der Waals surface area contributed by atoms with Crippen molar-refractivity contribution in [1.29, 1.82) is 0 Å². The van der Waals surface area contributed by atoms with Crippen molar-refractivity contribution in [2.24, 2.45) is 5.92 Å². The van der Waals surface area contributed by atoms with Crippen LogP contribution in [0, 0.1) is 5.92 Å². The molecule has 0 atom stereocenters. The second-order valence-corrected chi connectivity index (χ2v) is 3.91. The fourth-order valence-electron chi connectivity index (χ4n) is 2.08. The lowest BCUT2D eigenvalue weighted by Gasteiger charge is -2.42. The lowest BCUT2D eigenvalue weighted by molar-refractivity contribution is -0.0738. The minimum absolute atomic E-state index is 0.513. The molecule has 1 heteroatoms. The van der Waals surface area contributed by atoms with Gasteiger partial charge in [-0.3, -0.25) is 0 Å². The van der Waals surface area contributed by atoms with E-state index < -0.39 is 5.60 Å². The molecule has 1 N–H and O–H groups in total. The molecule has 0 bridgehead atoms. The minimum Gasteiger partial charge on any atom is -0.385 e. The number of hydrogen-bond donors (Lipinski definition) is 1. The molecule has 0 aliphatic heterocycles. The van der Waals surface area contributed by atoms with Gasteiger partial charge in [0.1, 0.15) is 0 Å². The van der Waals surface area contributed by atoms with E-state index >= 15 is 0 Å². The van der Waals surface area contributed by atoms with E-state index in [4.69, 9.17) is 0 Å². The van der Waals surface area contributed by atoms with Crippen molar-refractivity contribution in [1.82, 2.24) is 0 Å². The number of rotatable bonds is 1. The Kier molecular flexibility index (Phi) is 1.69. The van der Waals surface area contributed by atoms with E-state index in [1.54, 1.807) is 0 Å². The zero-order valence-electron chi connectivity index (χ0n) is 7.33. The van der Waals surface area contributed by atoms with Crippen LogP contribution in [0.2, 0.25) is 0 Å². The molecular weight excluding hydrogens is 148 g/mol. The molecule has 1 aliphatic carbocycles. The topological polar surface area (TPSA) is 20.2 Å². The van der Waals surface area contributed by atoms with Crippen LogP contribution in [-0.4, -0.2) is 5.11 Å². The largest absolute Gasteiger partial charge is 0.385 e. The quantitative estimate of drug-likeness (QED) is 0.671. The first kappa shape index (κ1) is 7.81. The fraction of sp³-hybridized carbons (Fsp3) is 0.455. The molecule has 0 radical (unpaired) electrons. The molecule has 0 amide bonds. The predicted octanol–water partition coefficient (Wildman–Crippen LogP) is 2.30. The van der Waals surface area contributed by atoms with Crippen molar-refractivity contribution < 1.29 is 5.11 Å². The maximum Gasteiger partial charge on any atom is 0.0901 e. The molecule has 1 saturated carbocycles. The number of aliphatic hydroxyl groups is 1. The van der Waals surface area contributed by atoms with Crippen LogP contribution in [0.15, 0.2) is 30.3 Å². The Balaban J connectivity index is 2.21. The molecule has 1 nitrogen and oxygen atoms in total. The summed E-state index contributed by atoms with van der Waals surface area (Å²) in [5.41, 5.74) is 0.559. The Morgan fingerprint density at radius 1 is 1.25 bits per heavy atom. The van der Waals surface area contributed by atoms with Crippen LogP contribution >= 0.6 is 0 Å². The molecule has 1 aromatic carbocycles. The molecule has 0 saturated heterocycles. The average Bonchev–Trinajstić information content (AvgIpc) is 2.04. The first-order valence-corrected chi connectivity index (χ1v) is 4.49. The Hall–Kier alpha value is -0.820. The Bertz CT molecular complexity index is 260. The van der Waals surface area contributed by atoms with Crippen molar-refractivity contribution in [2.45, 2.75) is 25.4 Å². The normalized spacial score (nSPS) is 34.3. The van der Waals surface area contributed by atoms with Gasteiger partial charge in [0.05, 0.1) is 5.60 Å². The summed E-state index contributed by atoms with van der Waals surface area (Å²) in [6.07, 6.45) is 1.83. The molecular formula is C11H14O. The Labute approximate surface area is 73.0 Å². The van der Waals surface area contributed by atoms with Crippen LogP contribution in [0.25, 0.3) is 0 Å². The highest BCUT2D eigenvalue weighted by molar-refractivity contribution is 5.24. The minimum atomic E-state index is -0.513. The molecule has 64 valence electrons. The van der Waals surface area contributed by atoms with Gasteiger partial charge in [0.2, 0.25) is 0 Å². The molecule has 0 heterocycles. The standard InChI is InChI=1S/C11H14O/c1-9-7-11(12,8-9)10-5-3-2-4-6-10/h2-6,9,12H,7-8H2,1H3. The van der Waals surface area contributed by atoms with Crippen LogP contribution < -0.4 is 0 Å². The van der Waals surface area contributed by atoms with Gasteiger partial charge in [-0.1, -0.05) is 37.3 Å². The van der Waals surface area contributed by atoms with Crippen LogP contribution in [0.1, 0.15) is 25.3 Å². The summed E-state index contributed by atoms with van der Waals surface area (Å²) in [5.74, 6) is 0.676. The van der Waals surface area contributed by atoms with Gasteiger partial charge in [0, 0.05) is 0 Å². The van der Waals surface area contributed by atoms with E-state index in [2.05, 4.69) is 6.92 Å². The summed E-state index contributed by atoms with van der Waals surface area (Å²) in [5, 5.41) is 10.1. The monoisotopic (exact) mass is 162 g/mol. The highest BCUT2D eigenvalue weighted by atomic mass is 16.3. The van der Waals surface area contributed by atoms with Gasteiger partial charge in [0.25, 0.3) is 0 Å². The van der Waals surface area contributed by atoms with Gasteiger partial charge in [-0.2, -0.15) is 0 Å². The van der Waals surface area contributed by atoms with Crippen molar-refractivity contribution in [3.8, 4) is 0 Å². The summed E-state index contributed by atoms with van der Waals surface area (Å²) in [6, 6.07) is 9.96. The van der Waals surface area contributed by atoms with E-state index in [1.165, 1.54) is 0 Å². The van der Waals surface area contributed by atoms with E-state index in [1.807, 2.05) is 30.3 Å². The predicted molar refractivity (Wildman–Crippen MR) is 48.7 cm³/mol. The lowest BCUT2D eigenvalue weighted by atomic mass is 9.68. The SMILES string of the molecule is CC1CC(O)(c2ccccc2)C1. The van der Waals surface area contributed by atoms with Gasteiger partial charge >= 0.3 is 0 Å².